The molecule has 0 aliphatic carbocycles. The molecule has 0 bridgehead atoms. The van der Waals surface area contributed by atoms with Crippen LogP contribution in [0.1, 0.15) is 18.7 Å². The number of hydrogen-bond acceptors (Lipinski definition) is 5. The predicted molar refractivity (Wildman–Crippen MR) is 85.8 cm³/mol. The second kappa shape index (κ2) is 6.93. The maximum atomic E-state index is 11.0. The van der Waals surface area contributed by atoms with Crippen molar-refractivity contribution < 1.29 is 4.79 Å². The Morgan fingerprint density at radius 3 is 2.59 bits per heavy atom. The molecule has 0 atom stereocenters. The first-order chi connectivity index (χ1) is 10.7. The molecular formula is C15H19N5OS. The summed E-state index contributed by atoms with van der Waals surface area (Å²) in [4.78, 5) is 13.4. The van der Waals surface area contributed by atoms with Gasteiger partial charge in [0, 0.05) is 5.69 Å². The molecule has 1 aliphatic rings. The minimum Gasteiger partial charge on any atom is -0.369 e. The smallest absolute Gasteiger partial charge is 0.227 e. The van der Waals surface area contributed by atoms with E-state index < -0.39 is 0 Å². The first-order valence-corrected chi connectivity index (χ1v) is 8.36. The van der Waals surface area contributed by atoms with Crippen molar-refractivity contribution >= 4 is 17.7 Å². The van der Waals surface area contributed by atoms with Crippen LogP contribution in [0.5, 0.6) is 0 Å². The molecule has 0 unspecified atom stereocenters. The molecule has 0 spiro atoms. The topological polar surface area (TPSA) is 77.0 Å². The number of carbonyl (C=O) groups excluding carboxylic acids is 1. The zero-order chi connectivity index (χ0) is 15.4. The Labute approximate surface area is 133 Å². The van der Waals surface area contributed by atoms with Crippen LogP contribution in [0.2, 0.25) is 0 Å². The number of aromatic nitrogens is 3. The lowest BCUT2D eigenvalue weighted by Crippen LogP contribution is -2.21. The van der Waals surface area contributed by atoms with E-state index >= 15 is 0 Å². The van der Waals surface area contributed by atoms with Gasteiger partial charge in [0.2, 0.25) is 5.91 Å². The lowest BCUT2D eigenvalue weighted by atomic mass is 10.3. The molecule has 116 valence electrons. The van der Waals surface area contributed by atoms with Crippen molar-refractivity contribution in [2.24, 2.45) is 5.73 Å². The van der Waals surface area contributed by atoms with E-state index in [1.165, 1.54) is 24.6 Å². The largest absolute Gasteiger partial charge is 0.369 e. The summed E-state index contributed by atoms with van der Waals surface area (Å²) in [5.41, 5.74) is 6.25. The molecule has 22 heavy (non-hydrogen) atoms. The Morgan fingerprint density at radius 1 is 1.18 bits per heavy atom. The van der Waals surface area contributed by atoms with Crippen LogP contribution in [0.4, 0.5) is 0 Å². The third kappa shape index (κ3) is 3.48. The second-order valence-electron chi connectivity index (χ2n) is 5.31. The molecule has 2 heterocycles. The van der Waals surface area contributed by atoms with Gasteiger partial charge in [0.15, 0.2) is 11.0 Å². The van der Waals surface area contributed by atoms with Crippen molar-refractivity contribution in [1.29, 1.82) is 0 Å². The maximum Gasteiger partial charge on any atom is 0.227 e. The van der Waals surface area contributed by atoms with E-state index in [1.807, 2.05) is 34.9 Å². The van der Waals surface area contributed by atoms with Gasteiger partial charge in [0.1, 0.15) is 0 Å². The monoisotopic (exact) mass is 317 g/mol. The highest BCUT2D eigenvalue weighted by molar-refractivity contribution is 7.99. The molecule has 1 fully saturated rings. The zero-order valence-corrected chi connectivity index (χ0v) is 13.1. The highest BCUT2D eigenvalue weighted by atomic mass is 32.2. The average Bonchev–Trinajstić information content (AvgIpc) is 3.16. The minimum absolute atomic E-state index is 0.203. The lowest BCUT2D eigenvalue weighted by Gasteiger charge is -2.15. The molecule has 7 heteroatoms. The summed E-state index contributed by atoms with van der Waals surface area (Å²) < 4.78 is 2.02. The number of amides is 1. The van der Waals surface area contributed by atoms with Crippen molar-refractivity contribution in [3.63, 3.8) is 0 Å². The first kappa shape index (κ1) is 15.1. The summed E-state index contributed by atoms with van der Waals surface area (Å²) in [6.07, 6.45) is 2.48. The van der Waals surface area contributed by atoms with Gasteiger partial charge in [-0.15, -0.1) is 10.2 Å². The summed E-state index contributed by atoms with van der Waals surface area (Å²) in [7, 11) is 0. The normalized spacial score (nSPS) is 15.3. The Morgan fingerprint density at radius 2 is 1.91 bits per heavy atom. The molecule has 2 aromatic rings. The molecular weight excluding hydrogens is 298 g/mol. The maximum absolute atomic E-state index is 11.0. The second-order valence-corrected chi connectivity index (χ2v) is 6.25. The van der Waals surface area contributed by atoms with E-state index in [9.17, 15) is 4.79 Å². The minimum atomic E-state index is -0.353. The fraction of sp³-hybridized carbons (Fsp3) is 0.400. The number of nitrogens with zero attached hydrogens (tertiary/aromatic N) is 4. The van der Waals surface area contributed by atoms with Crippen LogP contribution in [0.3, 0.4) is 0 Å². The molecule has 0 saturated carbocycles. The van der Waals surface area contributed by atoms with E-state index in [4.69, 9.17) is 5.73 Å². The van der Waals surface area contributed by atoms with Gasteiger partial charge in [-0.2, -0.15) is 0 Å². The van der Waals surface area contributed by atoms with Gasteiger partial charge in [0.25, 0.3) is 0 Å². The number of carbonyl (C=O) groups is 1. The number of hydrogen-bond donors (Lipinski definition) is 1. The van der Waals surface area contributed by atoms with Gasteiger partial charge in [-0.1, -0.05) is 30.0 Å². The van der Waals surface area contributed by atoms with Crippen LogP contribution in [0.15, 0.2) is 35.5 Å². The lowest BCUT2D eigenvalue weighted by molar-refractivity contribution is -0.115. The van der Waals surface area contributed by atoms with Gasteiger partial charge in [0.05, 0.1) is 12.3 Å². The van der Waals surface area contributed by atoms with Crippen molar-refractivity contribution in [1.82, 2.24) is 19.7 Å². The highest BCUT2D eigenvalue weighted by Crippen LogP contribution is 2.23. The fourth-order valence-corrected chi connectivity index (χ4v) is 3.32. The molecule has 1 aromatic heterocycles. The first-order valence-electron chi connectivity index (χ1n) is 7.37. The van der Waals surface area contributed by atoms with Crippen molar-refractivity contribution in [3.05, 3.63) is 36.2 Å². The number of benzene rings is 1. The summed E-state index contributed by atoms with van der Waals surface area (Å²) in [6, 6.07) is 9.98. The molecule has 1 amide bonds. The standard InChI is InChI=1S/C15H19N5OS/c16-13(21)11-22-15-18-17-14(10-19-8-4-5-9-19)20(15)12-6-2-1-3-7-12/h1-3,6-7H,4-5,8-11H2,(H2,16,21). The summed E-state index contributed by atoms with van der Waals surface area (Å²) in [6.45, 7) is 2.98. The van der Waals surface area contributed by atoms with Crippen LogP contribution in [0, 0.1) is 0 Å². The SMILES string of the molecule is NC(=O)CSc1nnc(CN2CCCC2)n1-c1ccccc1. The molecule has 3 rings (SSSR count). The van der Waals surface area contributed by atoms with Crippen LogP contribution >= 0.6 is 11.8 Å². The molecule has 6 nitrogen and oxygen atoms in total. The van der Waals surface area contributed by atoms with Crippen LogP contribution in [-0.4, -0.2) is 44.4 Å². The van der Waals surface area contributed by atoms with Gasteiger partial charge >= 0.3 is 0 Å². The van der Waals surface area contributed by atoms with E-state index in [0.717, 1.165) is 31.1 Å². The number of thioether (sulfide) groups is 1. The Balaban J connectivity index is 1.89. The van der Waals surface area contributed by atoms with E-state index in [2.05, 4.69) is 15.1 Å². The van der Waals surface area contributed by atoms with Gasteiger partial charge < -0.3 is 5.73 Å². The summed E-state index contributed by atoms with van der Waals surface area (Å²) in [5, 5.41) is 9.29. The third-order valence-corrected chi connectivity index (χ3v) is 4.57. The van der Waals surface area contributed by atoms with Gasteiger partial charge in [-0.25, -0.2) is 0 Å². The Bertz CT molecular complexity index is 637. The van der Waals surface area contributed by atoms with E-state index in [1.54, 1.807) is 0 Å². The van der Waals surface area contributed by atoms with Crippen LogP contribution in [0.25, 0.3) is 5.69 Å². The number of nitrogens with two attached hydrogens (primary N) is 1. The molecule has 1 saturated heterocycles. The highest BCUT2D eigenvalue weighted by Gasteiger charge is 2.19. The third-order valence-electron chi connectivity index (χ3n) is 3.62. The molecule has 1 aliphatic heterocycles. The summed E-state index contributed by atoms with van der Waals surface area (Å²) >= 11 is 1.33. The molecule has 2 N–H and O–H groups in total. The van der Waals surface area contributed by atoms with Gasteiger partial charge in [-0.05, 0) is 38.1 Å². The number of likely N-dealkylation sites (tertiary alicyclic amines) is 1. The number of rotatable bonds is 6. The number of primary amides is 1. The quantitative estimate of drug-likeness (QED) is 0.816. The van der Waals surface area contributed by atoms with Crippen molar-refractivity contribution in [2.45, 2.75) is 24.5 Å². The fourth-order valence-electron chi connectivity index (χ4n) is 2.61. The van der Waals surface area contributed by atoms with Gasteiger partial charge in [-0.3, -0.25) is 14.3 Å². The van der Waals surface area contributed by atoms with E-state index in [-0.39, 0.29) is 11.7 Å². The number of para-hydroxylation sites is 1. The molecule has 1 aromatic carbocycles. The van der Waals surface area contributed by atoms with Crippen LogP contribution < -0.4 is 5.73 Å². The van der Waals surface area contributed by atoms with Crippen LogP contribution in [-0.2, 0) is 11.3 Å². The average molecular weight is 317 g/mol. The predicted octanol–water partition coefficient (Wildman–Crippen LogP) is 1.44. The summed E-state index contributed by atoms with van der Waals surface area (Å²) in [5.74, 6) is 0.753. The molecule has 0 radical (unpaired) electrons. The Hall–Kier alpha value is -1.86. The Kier molecular flexibility index (Phi) is 4.74. The van der Waals surface area contributed by atoms with Crippen molar-refractivity contribution in [2.75, 3.05) is 18.8 Å². The van der Waals surface area contributed by atoms with E-state index in [0.29, 0.717) is 5.16 Å². The zero-order valence-electron chi connectivity index (χ0n) is 12.3. The van der Waals surface area contributed by atoms with Crippen molar-refractivity contribution in [3.8, 4) is 5.69 Å².